The fourth-order valence-electron chi connectivity index (χ4n) is 0.253. The molecule has 0 amide bonds. The van der Waals surface area contributed by atoms with Crippen LogP contribution in [-0.4, -0.2) is 28.8 Å². The van der Waals surface area contributed by atoms with Gasteiger partial charge in [0, 0.05) is 24.8 Å². The molecule has 0 fully saturated rings. The van der Waals surface area contributed by atoms with Gasteiger partial charge in [0.25, 0.3) is 0 Å². The van der Waals surface area contributed by atoms with Crippen LogP contribution in [0.5, 0.6) is 0 Å². The van der Waals surface area contributed by atoms with Crippen LogP contribution < -0.4 is 0 Å². The molecule has 4 nitrogen and oxygen atoms in total. The summed E-state index contributed by atoms with van der Waals surface area (Å²) in [5.74, 6) is -0.833. The van der Waals surface area contributed by atoms with Crippen molar-refractivity contribution in [3.8, 4) is 0 Å². The van der Waals surface area contributed by atoms with Crippen LogP contribution in [-0.2, 0) is 0 Å². The zero-order valence-corrected chi connectivity index (χ0v) is 5.56. The van der Waals surface area contributed by atoms with E-state index in [1.165, 1.54) is 0 Å². The summed E-state index contributed by atoms with van der Waals surface area (Å²) in [6, 6.07) is 0. The Morgan fingerprint density at radius 3 is 1.50 bits per heavy atom. The minimum atomic E-state index is -0.833. The van der Waals surface area contributed by atoms with Crippen molar-refractivity contribution >= 4 is 13.7 Å². The first-order valence-electron chi connectivity index (χ1n) is 2.63. The quantitative estimate of drug-likeness (QED) is 0.503. The molecule has 0 bridgehead atoms. The van der Waals surface area contributed by atoms with Gasteiger partial charge in [0.2, 0.25) is 13.7 Å². The van der Waals surface area contributed by atoms with Crippen LogP contribution in [0.4, 0.5) is 4.79 Å². The Morgan fingerprint density at radius 2 is 1.40 bits per heavy atom. The van der Waals surface area contributed by atoms with E-state index in [9.17, 15) is 0 Å². The molecule has 0 atom stereocenters. The number of nitrogens with zero attached hydrogens (tertiary/aromatic N) is 2. The average molecular weight is 138 g/mol. The number of carboxylic acid groups (broad SMARTS) is 1. The van der Waals surface area contributed by atoms with E-state index in [4.69, 9.17) is 9.90 Å². The first kappa shape index (κ1) is 8.61. The summed E-state index contributed by atoms with van der Waals surface area (Å²) in [7, 11) is 1.08. The van der Waals surface area contributed by atoms with E-state index >= 15 is 0 Å². The molecule has 10 heavy (non-hydrogen) atoms. The lowest BCUT2D eigenvalue weighted by Crippen LogP contribution is -1.83. The van der Waals surface area contributed by atoms with E-state index in [0.717, 1.165) is 7.85 Å². The van der Waals surface area contributed by atoms with Gasteiger partial charge in [-0.25, -0.2) is 0 Å². The highest BCUT2D eigenvalue weighted by molar-refractivity contribution is 6.54. The van der Waals surface area contributed by atoms with Gasteiger partial charge in [-0.05, 0) is 0 Å². The van der Waals surface area contributed by atoms with E-state index in [2.05, 4.69) is 9.97 Å². The summed E-state index contributed by atoms with van der Waals surface area (Å²) in [5, 5.41) is 7.42. The van der Waals surface area contributed by atoms with E-state index in [0.29, 0.717) is 0 Å². The van der Waals surface area contributed by atoms with E-state index in [-0.39, 0.29) is 0 Å². The van der Waals surface area contributed by atoms with Crippen LogP contribution in [0.25, 0.3) is 0 Å². The van der Waals surface area contributed by atoms with E-state index in [1.807, 2.05) is 0 Å². The lowest BCUT2D eigenvalue weighted by molar-refractivity contribution is 0.220. The molecule has 1 aromatic heterocycles. The minimum absolute atomic E-state index is 0.833. The summed E-state index contributed by atoms with van der Waals surface area (Å²) < 4.78 is 0. The third-order valence-electron chi connectivity index (χ3n) is 0.478. The normalized spacial score (nSPS) is 7.20. The van der Waals surface area contributed by atoms with Crippen LogP contribution in [0.1, 0.15) is 0 Å². The second kappa shape index (κ2) is 5.75. The summed E-state index contributed by atoms with van der Waals surface area (Å²) >= 11 is 0. The second-order valence-electron chi connectivity index (χ2n) is 1.41. The van der Waals surface area contributed by atoms with Crippen LogP contribution in [0.2, 0.25) is 0 Å². The molecule has 0 saturated heterocycles. The molecule has 1 aromatic rings. The Balaban J connectivity index is 0.000000180. The molecule has 1 N–H and O–H groups in total. The molecular weight excluding hydrogens is 131 g/mol. The third kappa shape index (κ3) is 9.79. The molecule has 52 valence electrons. The summed E-state index contributed by atoms with van der Waals surface area (Å²) in [6.45, 7) is 0. The van der Waals surface area contributed by atoms with Gasteiger partial charge in [-0.3, -0.25) is 14.8 Å². The van der Waals surface area contributed by atoms with Gasteiger partial charge < -0.3 is 5.11 Å². The molecule has 0 unspecified atom stereocenters. The highest BCUT2D eigenvalue weighted by atomic mass is 16.4. The lowest BCUT2D eigenvalue weighted by atomic mass is 10.2. The van der Waals surface area contributed by atoms with Crippen molar-refractivity contribution in [3.63, 3.8) is 0 Å². The first-order valence-corrected chi connectivity index (χ1v) is 2.63. The number of hydrogen-bond acceptors (Lipinski definition) is 3. The van der Waals surface area contributed by atoms with Gasteiger partial charge in [0.1, 0.15) is 0 Å². The van der Waals surface area contributed by atoms with Crippen molar-refractivity contribution in [2.45, 2.75) is 0 Å². The Labute approximate surface area is 59.3 Å². The Bertz CT molecular complexity index is 150. The summed E-state index contributed by atoms with van der Waals surface area (Å²) in [5.41, 5.74) is 0. The zero-order chi connectivity index (χ0) is 7.82. The standard InChI is InChI=1S/C4H4N2.CH3BO2/c1-2-6-4-3-5-1;2-1(3)4/h1-4H;2H2,(H,3,4). The first-order chi connectivity index (χ1) is 4.73. The molecule has 0 aliphatic carbocycles. The van der Waals surface area contributed by atoms with Crippen molar-refractivity contribution in [1.29, 1.82) is 0 Å². The highest BCUT2D eigenvalue weighted by Crippen LogP contribution is 1.65. The molecule has 0 spiro atoms. The Morgan fingerprint density at radius 1 is 1.20 bits per heavy atom. The number of hydrogen-bond donors (Lipinski definition) is 1. The number of rotatable bonds is 0. The topological polar surface area (TPSA) is 63.1 Å². The van der Waals surface area contributed by atoms with Gasteiger partial charge in [0.15, 0.2) is 0 Å². The lowest BCUT2D eigenvalue weighted by Gasteiger charge is -1.70. The zero-order valence-electron chi connectivity index (χ0n) is 5.56. The molecule has 1 rings (SSSR count). The third-order valence-corrected chi connectivity index (χ3v) is 0.478. The fraction of sp³-hybridized carbons (Fsp3) is 0. The SMILES string of the molecule is BC(=O)O.c1cnccn1. The van der Waals surface area contributed by atoms with Gasteiger partial charge >= 0.3 is 0 Å². The molecule has 0 aromatic carbocycles. The molecule has 5 heteroatoms. The fourth-order valence-corrected chi connectivity index (χ4v) is 0.253. The summed E-state index contributed by atoms with van der Waals surface area (Å²) in [6.07, 6.45) is 6.56. The smallest absolute Gasteiger partial charge is 0.242 e. The van der Waals surface area contributed by atoms with Crippen molar-refractivity contribution < 1.29 is 9.90 Å². The van der Waals surface area contributed by atoms with E-state index < -0.39 is 5.87 Å². The van der Waals surface area contributed by atoms with Crippen molar-refractivity contribution in [1.82, 2.24) is 9.97 Å². The molecular formula is C5H7BN2O2. The van der Waals surface area contributed by atoms with Crippen LogP contribution in [0.15, 0.2) is 24.8 Å². The van der Waals surface area contributed by atoms with Crippen LogP contribution in [0, 0.1) is 0 Å². The number of aromatic nitrogens is 2. The minimum Gasteiger partial charge on any atom is -0.490 e. The van der Waals surface area contributed by atoms with Crippen molar-refractivity contribution in [3.05, 3.63) is 24.8 Å². The van der Waals surface area contributed by atoms with E-state index in [1.54, 1.807) is 24.8 Å². The Kier molecular flexibility index (Phi) is 4.95. The maximum absolute atomic E-state index is 9.00. The van der Waals surface area contributed by atoms with Gasteiger partial charge in [0.05, 0.1) is 0 Å². The highest BCUT2D eigenvalue weighted by Gasteiger charge is 1.67. The molecule has 0 radical (unpaired) electrons. The van der Waals surface area contributed by atoms with Crippen molar-refractivity contribution in [2.75, 3.05) is 0 Å². The van der Waals surface area contributed by atoms with Gasteiger partial charge in [-0.1, -0.05) is 0 Å². The molecule has 1 heterocycles. The monoisotopic (exact) mass is 138 g/mol. The molecule has 0 saturated carbocycles. The van der Waals surface area contributed by atoms with Gasteiger partial charge in [-0.15, -0.1) is 0 Å². The number of carbonyl (C=O) groups is 1. The van der Waals surface area contributed by atoms with Crippen molar-refractivity contribution in [2.24, 2.45) is 0 Å². The maximum Gasteiger partial charge on any atom is 0.242 e. The average Bonchev–Trinajstić information content (AvgIpc) is 1.90. The largest absolute Gasteiger partial charge is 0.490 e. The molecule has 0 aliphatic heterocycles. The molecule has 0 aliphatic rings. The van der Waals surface area contributed by atoms with Crippen LogP contribution in [0.3, 0.4) is 0 Å². The summed E-state index contributed by atoms with van der Waals surface area (Å²) in [4.78, 5) is 16.4. The predicted octanol–water partition coefficient (Wildman–Crippen LogP) is -0.226. The maximum atomic E-state index is 9.00. The van der Waals surface area contributed by atoms with Crippen LogP contribution >= 0.6 is 0 Å². The second-order valence-corrected chi connectivity index (χ2v) is 1.41. The Hall–Kier alpha value is -1.39. The van der Waals surface area contributed by atoms with Gasteiger partial charge in [-0.2, -0.15) is 0 Å². The predicted molar refractivity (Wildman–Crippen MR) is 38.6 cm³/mol.